The molecule has 0 amide bonds. The second-order valence-corrected chi connectivity index (χ2v) is 3.63. The lowest BCUT2D eigenvalue weighted by molar-refractivity contribution is 0.658. The van der Waals surface area contributed by atoms with Crippen molar-refractivity contribution in [3.63, 3.8) is 0 Å². The first-order valence-electron chi connectivity index (χ1n) is 4.81. The normalized spacial score (nSPS) is 17.8. The van der Waals surface area contributed by atoms with Crippen LogP contribution in [0.25, 0.3) is 0 Å². The smallest absolute Gasteiger partial charge is 0.0180 e. The second kappa shape index (κ2) is 3.75. The van der Waals surface area contributed by atoms with Crippen LogP contribution in [0.15, 0.2) is 42.0 Å². The minimum Gasteiger partial charge on any atom is -0.309 e. The molecular weight excluding hydrogens is 158 g/mol. The van der Waals surface area contributed by atoms with Gasteiger partial charge in [-0.05, 0) is 17.1 Å². The average molecular weight is 173 g/mol. The highest BCUT2D eigenvalue weighted by molar-refractivity contribution is 5.27. The molecule has 1 unspecified atom stereocenters. The summed E-state index contributed by atoms with van der Waals surface area (Å²) in [7, 11) is 0. The summed E-state index contributed by atoms with van der Waals surface area (Å²) in [5.41, 5.74) is 2.94. The van der Waals surface area contributed by atoms with Crippen molar-refractivity contribution in [2.24, 2.45) is 0 Å². The summed E-state index contributed by atoms with van der Waals surface area (Å²) < 4.78 is 0. The largest absolute Gasteiger partial charge is 0.309 e. The molecule has 1 aliphatic rings. The first-order valence-corrected chi connectivity index (χ1v) is 4.81. The Morgan fingerprint density at radius 1 is 1.23 bits per heavy atom. The van der Waals surface area contributed by atoms with Crippen LogP contribution in [0.2, 0.25) is 0 Å². The molecule has 1 atom stereocenters. The van der Waals surface area contributed by atoms with E-state index in [9.17, 15) is 0 Å². The maximum Gasteiger partial charge on any atom is 0.0180 e. The molecule has 0 saturated carbocycles. The lowest BCUT2D eigenvalue weighted by atomic mass is 9.97. The summed E-state index contributed by atoms with van der Waals surface area (Å²) >= 11 is 0. The molecule has 2 rings (SSSR count). The summed E-state index contributed by atoms with van der Waals surface area (Å²) in [5, 5.41) is 3.25. The fourth-order valence-electron chi connectivity index (χ4n) is 1.59. The second-order valence-electron chi connectivity index (χ2n) is 3.63. The first kappa shape index (κ1) is 8.52. The van der Waals surface area contributed by atoms with Crippen molar-refractivity contribution in [1.82, 2.24) is 5.32 Å². The van der Waals surface area contributed by atoms with E-state index in [1.165, 1.54) is 11.1 Å². The van der Waals surface area contributed by atoms with E-state index in [0.29, 0.717) is 5.92 Å². The monoisotopic (exact) mass is 173 g/mol. The van der Waals surface area contributed by atoms with Crippen molar-refractivity contribution in [3.05, 3.63) is 47.5 Å². The summed E-state index contributed by atoms with van der Waals surface area (Å²) in [5.74, 6) is 0.554. The van der Waals surface area contributed by atoms with Gasteiger partial charge >= 0.3 is 0 Å². The van der Waals surface area contributed by atoms with Gasteiger partial charge in [0.05, 0.1) is 0 Å². The molecule has 0 spiro atoms. The van der Waals surface area contributed by atoms with Crippen LogP contribution in [-0.4, -0.2) is 13.1 Å². The molecule has 13 heavy (non-hydrogen) atoms. The lowest BCUT2D eigenvalue weighted by Crippen LogP contribution is -2.33. The highest BCUT2D eigenvalue weighted by atomic mass is 14.9. The van der Waals surface area contributed by atoms with E-state index < -0.39 is 0 Å². The molecule has 68 valence electrons. The van der Waals surface area contributed by atoms with Gasteiger partial charge in [-0.25, -0.2) is 0 Å². The van der Waals surface area contributed by atoms with Crippen LogP contribution in [-0.2, 0) is 0 Å². The molecule has 0 aromatic heterocycles. The van der Waals surface area contributed by atoms with E-state index in [4.69, 9.17) is 0 Å². The maximum atomic E-state index is 3.25. The SMILES string of the molecule is CC(C=C1CNC1)c1ccccc1. The van der Waals surface area contributed by atoms with Crippen LogP contribution in [0.1, 0.15) is 18.4 Å². The molecule has 0 aliphatic carbocycles. The molecule has 1 fully saturated rings. The van der Waals surface area contributed by atoms with E-state index in [1.54, 1.807) is 0 Å². The molecular formula is C12H15N. The third-order valence-corrected chi connectivity index (χ3v) is 2.52. The minimum atomic E-state index is 0.554. The predicted octanol–water partition coefficient (Wildman–Crippen LogP) is 2.32. The van der Waals surface area contributed by atoms with E-state index in [1.807, 2.05) is 0 Å². The Kier molecular flexibility index (Phi) is 2.46. The van der Waals surface area contributed by atoms with Crippen LogP contribution in [0.4, 0.5) is 0 Å². The van der Waals surface area contributed by atoms with Crippen LogP contribution in [0.5, 0.6) is 0 Å². The third-order valence-electron chi connectivity index (χ3n) is 2.52. The van der Waals surface area contributed by atoms with Gasteiger partial charge in [0.2, 0.25) is 0 Å². The van der Waals surface area contributed by atoms with Gasteiger partial charge < -0.3 is 5.32 Å². The molecule has 1 aromatic carbocycles. The number of allylic oxidation sites excluding steroid dienone is 1. The standard InChI is InChI=1S/C12H15N/c1-10(7-11-8-13-9-11)12-5-3-2-4-6-12/h2-7,10,13H,8-9H2,1H3. The Hall–Kier alpha value is -1.08. The van der Waals surface area contributed by atoms with Gasteiger partial charge in [-0.2, -0.15) is 0 Å². The van der Waals surface area contributed by atoms with Gasteiger partial charge in [0.25, 0.3) is 0 Å². The Labute approximate surface area is 79.5 Å². The summed E-state index contributed by atoms with van der Waals surface area (Å²) in [4.78, 5) is 0. The van der Waals surface area contributed by atoms with Gasteiger partial charge in [-0.1, -0.05) is 43.3 Å². The van der Waals surface area contributed by atoms with E-state index in [-0.39, 0.29) is 0 Å². The molecule has 1 N–H and O–H groups in total. The van der Waals surface area contributed by atoms with Crippen LogP contribution >= 0.6 is 0 Å². The number of hydrogen-bond donors (Lipinski definition) is 1. The molecule has 1 saturated heterocycles. The Morgan fingerprint density at radius 3 is 2.46 bits per heavy atom. The molecule has 1 aromatic rings. The number of benzene rings is 1. The van der Waals surface area contributed by atoms with Gasteiger partial charge in [0.15, 0.2) is 0 Å². The molecule has 1 heteroatoms. The average Bonchev–Trinajstić information content (AvgIpc) is 2.12. The summed E-state index contributed by atoms with van der Waals surface area (Å²) in [6.07, 6.45) is 2.37. The fourth-order valence-corrected chi connectivity index (χ4v) is 1.59. The van der Waals surface area contributed by atoms with E-state index in [0.717, 1.165) is 13.1 Å². The van der Waals surface area contributed by atoms with Crippen molar-refractivity contribution < 1.29 is 0 Å². The zero-order valence-corrected chi connectivity index (χ0v) is 7.96. The number of nitrogens with one attached hydrogen (secondary N) is 1. The van der Waals surface area contributed by atoms with Gasteiger partial charge in [0, 0.05) is 13.1 Å². The van der Waals surface area contributed by atoms with E-state index in [2.05, 4.69) is 48.6 Å². The zero-order chi connectivity index (χ0) is 9.10. The van der Waals surface area contributed by atoms with Crippen molar-refractivity contribution in [3.8, 4) is 0 Å². The lowest BCUT2D eigenvalue weighted by Gasteiger charge is -2.20. The van der Waals surface area contributed by atoms with Gasteiger partial charge in [0.1, 0.15) is 0 Å². The highest BCUT2D eigenvalue weighted by Crippen LogP contribution is 2.18. The van der Waals surface area contributed by atoms with Crippen LogP contribution < -0.4 is 5.32 Å². The molecule has 1 heterocycles. The summed E-state index contributed by atoms with van der Waals surface area (Å²) in [6, 6.07) is 10.6. The first-order chi connectivity index (χ1) is 6.36. The molecule has 0 radical (unpaired) electrons. The number of hydrogen-bond acceptors (Lipinski definition) is 1. The Balaban J connectivity index is 2.09. The molecule has 1 aliphatic heterocycles. The van der Waals surface area contributed by atoms with Crippen molar-refractivity contribution in [2.75, 3.05) is 13.1 Å². The molecule has 1 nitrogen and oxygen atoms in total. The van der Waals surface area contributed by atoms with Crippen molar-refractivity contribution >= 4 is 0 Å². The van der Waals surface area contributed by atoms with Crippen LogP contribution in [0, 0.1) is 0 Å². The Morgan fingerprint density at radius 2 is 1.92 bits per heavy atom. The number of rotatable bonds is 2. The third kappa shape index (κ3) is 1.99. The zero-order valence-electron chi connectivity index (χ0n) is 7.96. The minimum absolute atomic E-state index is 0.554. The molecule has 0 bridgehead atoms. The highest BCUT2D eigenvalue weighted by Gasteiger charge is 2.09. The summed E-state index contributed by atoms with van der Waals surface area (Å²) in [6.45, 7) is 4.41. The quantitative estimate of drug-likeness (QED) is 0.677. The van der Waals surface area contributed by atoms with Gasteiger partial charge in [-0.15, -0.1) is 0 Å². The maximum absolute atomic E-state index is 3.25. The van der Waals surface area contributed by atoms with E-state index >= 15 is 0 Å². The Bertz CT molecular complexity index is 294. The van der Waals surface area contributed by atoms with Crippen LogP contribution in [0.3, 0.4) is 0 Å². The van der Waals surface area contributed by atoms with Crippen molar-refractivity contribution in [2.45, 2.75) is 12.8 Å². The van der Waals surface area contributed by atoms with Crippen molar-refractivity contribution in [1.29, 1.82) is 0 Å². The topological polar surface area (TPSA) is 12.0 Å². The van der Waals surface area contributed by atoms with Gasteiger partial charge in [-0.3, -0.25) is 0 Å². The predicted molar refractivity (Wildman–Crippen MR) is 55.8 cm³/mol. The fraction of sp³-hybridized carbons (Fsp3) is 0.333.